The van der Waals surface area contributed by atoms with Crippen molar-refractivity contribution in [2.24, 2.45) is 11.8 Å². The van der Waals surface area contributed by atoms with Crippen molar-refractivity contribution in [3.05, 3.63) is 0 Å². The highest BCUT2D eigenvalue weighted by atomic mass is 32.2. The maximum absolute atomic E-state index is 11.7. The predicted octanol–water partition coefficient (Wildman–Crippen LogP) is 1.90. The molecule has 0 aromatic rings. The lowest BCUT2D eigenvalue weighted by Crippen LogP contribution is -2.38. The van der Waals surface area contributed by atoms with Gasteiger partial charge in [0.25, 0.3) is 0 Å². The van der Waals surface area contributed by atoms with Gasteiger partial charge < -0.3 is 10.4 Å². The molecule has 0 bridgehead atoms. The van der Waals surface area contributed by atoms with E-state index in [4.69, 9.17) is 5.11 Å². The molecule has 0 saturated carbocycles. The SMILES string of the molecule is CSCC(CCO)NC(=O)CC(C)C(C)C. The van der Waals surface area contributed by atoms with Gasteiger partial charge >= 0.3 is 0 Å². The van der Waals surface area contributed by atoms with Crippen molar-refractivity contribution in [2.45, 2.75) is 39.7 Å². The molecular weight excluding hydrogens is 222 g/mol. The minimum atomic E-state index is 0.104. The van der Waals surface area contributed by atoms with Gasteiger partial charge in [-0.05, 0) is 24.5 Å². The molecule has 0 spiro atoms. The molecule has 16 heavy (non-hydrogen) atoms. The van der Waals surface area contributed by atoms with Gasteiger partial charge in [0.15, 0.2) is 0 Å². The molecule has 0 aliphatic carbocycles. The lowest BCUT2D eigenvalue weighted by Gasteiger charge is -2.19. The predicted molar refractivity (Wildman–Crippen MR) is 70.6 cm³/mol. The van der Waals surface area contributed by atoms with E-state index in [9.17, 15) is 4.79 Å². The molecule has 3 nitrogen and oxygen atoms in total. The summed E-state index contributed by atoms with van der Waals surface area (Å²) in [5, 5.41) is 11.9. The average Bonchev–Trinajstić information content (AvgIpc) is 2.17. The zero-order valence-corrected chi connectivity index (χ0v) is 11.6. The summed E-state index contributed by atoms with van der Waals surface area (Å²) in [5.41, 5.74) is 0. The lowest BCUT2D eigenvalue weighted by atomic mass is 9.94. The number of nitrogens with one attached hydrogen (secondary N) is 1. The summed E-state index contributed by atoms with van der Waals surface area (Å²) in [4.78, 5) is 11.7. The number of aliphatic hydroxyl groups is 1. The summed E-state index contributed by atoms with van der Waals surface area (Å²) < 4.78 is 0. The first-order chi connectivity index (χ1) is 7.51. The third-order valence-corrected chi connectivity index (χ3v) is 3.59. The number of carbonyl (C=O) groups excluding carboxylic acids is 1. The second-order valence-electron chi connectivity index (χ2n) is 4.66. The second kappa shape index (κ2) is 8.88. The van der Waals surface area contributed by atoms with E-state index in [0.29, 0.717) is 24.7 Å². The molecule has 0 aromatic carbocycles. The summed E-state index contributed by atoms with van der Waals surface area (Å²) in [6, 6.07) is 0.104. The van der Waals surface area contributed by atoms with Gasteiger partial charge in [0.2, 0.25) is 5.91 Å². The Hall–Kier alpha value is -0.220. The molecule has 0 radical (unpaired) electrons. The molecule has 96 valence electrons. The van der Waals surface area contributed by atoms with E-state index in [2.05, 4.69) is 26.1 Å². The first-order valence-electron chi connectivity index (χ1n) is 5.90. The molecule has 1 amide bonds. The van der Waals surface area contributed by atoms with Crippen LogP contribution < -0.4 is 5.32 Å². The fourth-order valence-corrected chi connectivity index (χ4v) is 2.02. The van der Waals surface area contributed by atoms with Crippen molar-refractivity contribution >= 4 is 17.7 Å². The van der Waals surface area contributed by atoms with Gasteiger partial charge in [0.1, 0.15) is 0 Å². The molecule has 2 atom stereocenters. The van der Waals surface area contributed by atoms with Crippen LogP contribution in [0.15, 0.2) is 0 Å². The number of carbonyl (C=O) groups is 1. The van der Waals surface area contributed by atoms with Gasteiger partial charge in [0.05, 0.1) is 0 Å². The van der Waals surface area contributed by atoms with Gasteiger partial charge in [-0.2, -0.15) is 11.8 Å². The van der Waals surface area contributed by atoms with Gasteiger partial charge in [-0.25, -0.2) is 0 Å². The topological polar surface area (TPSA) is 49.3 Å². The van der Waals surface area contributed by atoms with Crippen LogP contribution in [0.25, 0.3) is 0 Å². The van der Waals surface area contributed by atoms with Crippen LogP contribution in [0.4, 0.5) is 0 Å². The lowest BCUT2D eigenvalue weighted by molar-refractivity contribution is -0.122. The van der Waals surface area contributed by atoms with E-state index in [-0.39, 0.29) is 18.6 Å². The van der Waals surface area contributed by atoms with Gasteiger partial charge in [-0.1, -0.05) is 20.8 Å². The molecule has 2 N–H and O–H groups in total. The molecule has 0 saturated heterocycles. The van der Waals surface area contributed by atoms with Crippen LogP contribution in [0.2, 0.25) is 0 Å². The number of rotatable bonds is 8. The van der Waals surface area contributed by atoms with Gasteiger partial charge in [0, 0.05) is 24.8 Å². The van der Waals surface area contributed by atoms with E-state index >= 15 is 0 Å². The quantitative estimate of drug-likeness (QED) is 0.689. The normalized spacial score (nSPS) is 14.9. The third kappa shape index (κ3) is 7.12. The minimum absolute atomic E-state index is 0.104. The van der Waals surface area contributed by atoms with E-state index < -0.39 is 0 Å². The molecule has 2 unspecified atom stereocenters. The van der Waals surface area contributed by atoms with Crippen LogP contribution in [0.1, 0.15) is 33.6 Å². The molecule has 0 aromatic heterocycles. The third-order valence-electron chi connectivity index (χ3n) is 2.86. The fraction of sp³-hybridized carbons (Fsp3) is 0.917. The molecule has 0 rings (SSSR count). The summed E-state index contributed by atoms with van der Waals surface area (Å²) in [6.45, 7) is 6.49. The summed E-state index contributed by atoms with van der Waals surface area (Å²) in [5.74, 6) is 1.91. The highest BCUT2D eigenvalue weighted by Crippen LogP contribution is 2.14. The Morgan fingerprint density at radius 2 is 2.00 bits per heavy atom. The van der Waals surface area contributed by atoms with Crippen LogP contribution in [0, 0.1) is 11.8 Å². The molecule has 0 aliphatic rings. The molecule has 0 heterocycles. The Labute approximate surface area is 103 Å². The van der Waals surface area contributed by atoms with Gasteiger partial charge in [-0.15, -0.1) is 0 Å². The fourth-order valence-electron chi connectivity index (χ4n) is 1.37. The van der Waals surface area contributed by atoms with Crippen LogP contribution >= 0.6 is 11.8 Å². The first-order valence-corrected chi connectivity index (χ1v) is 7.29. The molecular formula is C12H25NO2S. The van der Waals surface area contributed by atoms with Crippen molar-refractivity contribution in [1.82, 2.24) is 5.32 Å². The number of amides is 1. The Morgan fingerprint density at radius 3 is 2.44 bits per heavy atom. The Kier molecular flexibility index (Phi) is 8.76. The Balaban J connectivity index is 3.98. The zero-order chi connectivity index (χ0) is 12.6. The van der Waals surface area contributed by atoms with Gasteiger partial charge in [-0.3, -0.25) is 4.79 Å². The molecule has 4 heteroatoms. The second-order valence-corrected chi connectivity index (χ2v) is 5.57. The first kappa shape index (κ1) is 15.8. The highest BCUT2D eigenvalue weighted by molar-refractivity contribution is 7.98. The summed E-state index contributed by atoms with van der Waals surface area (Å²) >= 11 is 1.69. The standard InChI is InChI=1S/C12H25NO2S/c1-9(2)10(3)7-12(15)13-11(5-6-14)8-16-4/h9-11,14H,5-8H2,1-4H3,(H,13,15). The molecule has 0 aliphatic heterocycles. The summed E-state index contributed by atoms with van der Waals surface area (Å²) in [7, 11) is 0. The Bertz CT molecular complexity index is 191. The zero-order valence-electron chi connectivity index (χ0n) is 10.8. The largest absolute Gasteiger partial charge is 0.396 e. The minimum Gasteiger partial charge on any atom is -0.396 e. The number of thioether (sulfide) groups is 1. The maximum atomic E-state index is 11.7. The van der Waals surface area contributed by atoms with Crippen LogP contribution in [0.3, 0.4) is 0 Å². The van der Waals surface area contributed by atoms with Crippen molar-refractivity contribution in [2.75, 3.05) is 18.6 Å². The number of aliphatic hydroxyl groups excluding tert-OH is 1. The van der Waals surface area contributed by atoms with Crippen molar-refractivity contribution in [3.8, 4) is 0 Å². The molecule has 0 fully saturated rings. The highest BCUT2D eigenvalue weighted by Gasteiger charge is 2.15. The van der Waals surface area contributed by atoms with Crippen molar-refractivity contribution in [3.63, 3.8) is 0 Å². The van der Waals surface area contributed by atoms with Crippen LogP contribution in [-0.2, 0) is 4.79 Å². The smallest absolute Gasteiger partial charge is 0.220 e. The van der Waals surface area contributed by atoms with E-state index in [1.54, 1.807) is 11.8 Å². The van der Waals surface area contributed by atoms with E-state index in [1.807, 2.05) is 6.26 Å². The van der Waals surface area contributed by atoms with Crippen LogP contribution in [0.5, 0.6) is 0 Å². The summed E-state index contributed by atoms with van der Waals surface area (Å²) in [6.07, 6.45) is 3.23. The Morgan fingerprint density at radius 1 is 1.38 bits per heavy atom. The monoisotopic (exact) mass is 247 g/mol. The maximum Gasteiger partial charge on any atom is 0.220 e. The van der Waals surface area contributed by atoms with Crippen molar-refractivity contribution in [1.29, 1.82) is 0 Å². The van der Waals surface area contributed by atoms with Crippen molar-refractivity contribution < 1.29 is 9.90 Å². The number of hydrogen-bond donors (Lipinski definition) is 2. The van der Waals surface area contributed by atoms with E-state index in [0.717, 1.165) is 5.75 Å². The average molecular weight is 247 g/mol. The van der Waals surface area contributed by atoms with E-state index in [1.165, 1.54) is 0 Å². The number of hydrogen-bond acceptors (Lipinski definition) is 3. The van der Waals surface area contributed by atoms with Crippen LogP contribution in [-0.4, -0.2) is 35.7 Å².